The zero-order chi connectivity index (χ0) is 12.8. The number of hydrogen-bond acceptors (Lipinski definition) is 3. The molecule has 1 aromatic carbocycles. The molecule has 0 fully saturated rings. The molecule has 0 aromatic heterocycles. The summed E-state index contributed by atoms with van der Waals surface area (Å²) in [7, 11) is 0. The Morgan fingerprint density at radius 2 is 2.18 bits per heavy atom. The first-order valence-corrected chi connectivity index (χ1v) is 5.83. The molecule has 1 amide bonds. The van der Waals surface area contributed by atoms with Gasteiger partial charge in [-0.3, -0.25) is 0 Å². The van der Waals surface area contributed by atoms with Gasteiger partial charge in [-0.25, -0.2) is 4.79 Å². The van der Waals surface area contributed by atoms with Gasteiger partial charge in [-0.1, -0.05) is 12.1 Å². The van der Waals surface area contributed by atoms with E-state index in [-0.39, 0.29) is 12.2 Å². The van der Waals surface area contributed by atoms with E-state index < -0.39 is 0 Å². The molecule has 0 bridgehead atoms. The minimum Gasteiger partial charge on any atom is -0.447 e. The van der Waals surface area contributed by atoms with Crippen LogP contribution in [0.5, 0.6) is 0 Å². The molecule has 94 valence electrons. The van der Waals surface area contributed by atoms with Gasteiger partial charge in [-0.15, -0.1) is 0 Å². The molecule has 1 rings (SSSR count). The van der Waals surface area contributed by atoms with E-state index in [1.165, 1.54) is 0 Å². The lowest BCUT2D eigenvalue weighted by atomic mass is 10.2. The molecule has 0 radical (unpaired) electrons. The van der Waals surface area contributed by atoms with Gasteiger partial charge < -0.3 is 15.4 Å². The molecule has 0 spiro atoms. The fourth-order valence-electron chi connectivity index (χ4n) is 1.49. The first-order chi connectivity index (χ1) is 8.02. The molecule has 4 heteroatoms. The number of nitrogen functional groups attached to an aromatic ring is 1. The average Bonchev–Trinajstić information content (AvgIpc) is 2.24. The molecule has 0 aliphatic rings. The summed E-state index contributed by atoms with van der Waals surface area (Å²) in [6.45, 7) is 6.74. The Kier molecular flexibility index (Phi) is 4.82. The van der Waals surface area contributed by atoms with Crippen molar-refractivity contribution in [3.05, 3.63) is 29.8 Å². The van der Waals surface area contributed by atoms with Gasteiger partial charge in [0.25, 0.3) is 0 Å². The van der Waals surface area contributed by atoms with Crippen molar-refractivity contribution in [3.63, 3.8) is 0 Å². The summed E-state index contributed by atoms with van der Waals surface area (Å²) < 4.78 is 5.16. The predicted octanol–water partition coefficient (Wildman–Crippen LogP) is 2.64. The second kappa shape index (κ2) is 6.13. The van der Waals surface area contributed by atoms with Crippen molar-refractivity contribution in [2.75, 3.05) is 12.3 Å². The lowest BCUT2D eigenvalue weighted by Gasteiger charge is -2.21. The number of benzene rings is 1. The maximum absolute atomic E-state index is 11.7. The van der Waals surface area contributed by atoms with Gasteiger partial charge in [-0.05, 0) is 38.5 Å². The summed E-state index contributed by atoms with van der Waals surface area (Å²) in [5, 5.41) is 0. The molecule has 1 aromatic rings. The van der Waals surface area contributed by atoms with E-state index in [9.17, 15) is 4.79 Å². The van der Waals surface area contributed by atoms with Crippen molar-refractivity contribution in [1.29, 1.82) is 0 Å². The van der Waals surface area contributed by atoms with Gasteiger partial charge in [0.15, 0.2) is 0 Å². The smallest absolute Gasteiger partial charge is 0.410 e. The fraction of sp³-hybridized carbons (Fsp3) is 0.462. The van der Waals surface area contributed by atoms with Crippen LogP contribution in [0.4, 0.5) is 10.5 Å². The summed E-state index contributed by atoms with van der Waals surface area (Å²) in [6, 6.07) is 7.52. The molecular weight excluding hydrogens is 216 g/mol. The van der Waals surface area contributed by atoms with E-state index in [1.807, 2.05) is 45.0 Å². The van der Waals surface area contributed by atoms with Crippen LogP contribution in [0.15, 0.2) is 24.3 Å². The molecule has 0 unspecified atom stereocenters. The van der Waals surface area contributed by atoms with E-state index in [4.69, 9.17) is 10.5 Å². The molecule has 0 atom stereocenters. The van der Waals surface area contributed by atoms with E-state index in [2.05, 4.69) is 0 Å². The highest BCUT2D eigenvalue weighted by molar-refractivity contribution is 5.67. The predicted molar refractivity (Wildman–Crippen MR) is 68.6 cm³/mol. The number of nitrogens with two attached hydrogens (primary N) is 1. The van der Waals surface area contributed by atoms with E-state index in [0.29, 0.717) is 18.8 Å². The number of nitrogens with zero attached hydrogens (tertiary/aromatic N) is 1. The van der Waals surface area contributed by atoms with Crippen molar-refractivity contribution >= 4 is 11.8 Å². The van der Waals surface area contributed by atoms with Crippen LogP contribution in [0, 0.1) is 0 Å². The Bertz CT molecular complexity index is 377. The molecule has 2 N–H and O–H groups in total. The van der Waals surface area contributed by atoms with E-state index in [0.717, 1.165) is 5.56 Å². The van der Waals surface area contributed by atoms with Crippen molar-refractivity contribution in [1.82, 2.24) is 4.90 Å². The Morgan fingerprint density at radius 1 is 1.47 bits per heavy atom. The third-order valence-corrected chi connectivity index (χ3v) is 2.30. The minimum atomic E-state index is -0.287. The van der Waals surface area contributed by atoms with Gasteiger partial charge in [0.05, 0.1) is 6.10 Å². The number of anilines is 1. The zero-order valence-electron chi connectivity index (χ0n) is 10.6. The monoisotopic (exact) mass is 236 g/mol. The first-order valence-electron chi connectivity index (χ1n) is 5.83. The van der Waals surface area contributed by atoms with E-state index in [1.54, 1.807) is 4.90 Å². The lowest BCUT2D eigenvalue weighted by Crippen LogP contribution is -2.32. The molecule has 0 heterocycles. The van der Waals surface area contributed by atoms with Crippen molar-refractivity contribution in [2.45, 2.75) is 33.4 Å². The highest BCUT2D eigenvalue weighted by atomic mass is 16.6. The second-order valence-electron chi connectivity index (χ2n) is 4.19. The normalized spacial score (nSPS) is 10.4. The number of amides is 1. The molecule has 0 aliphatic heterocycles. The number of carbonyl (C=O) groups is 1. The number of hydrogen-bond donors (Lipinski definition) is 1. The Morgan fingerprint density at radius 3 is 2.71 bits per heavy atom. The van der Waals surface area contributed by atoms with Crippen LogP contribution in [-0.2, 0) is 11.3 Å². The van der Waals surface area contributed by atoms with Gasteiger partial charge in [0, 0.05) is 18.8 Å². The highest BCUT2D eigenvalue weighted by Gasteiger charge is 2.14. The Labute approximate surface area is 102 Å². The van der Waals surface area contributed by atoms with Crippen LogP contribution in [0.25, 0.3) is 0 Å². The third kappa shape index (κ3) is 4.34. The van der Waals surface area contributed by atoms with Crippen LogP contribution < -0.4 is 5.73 Å². The van der Waals surface area contributed by atoms with Gasteiger partial charge >= 0.3 is 6.09 Å². The Balaban J connectivity index is 2.66. The summed E-state index contributed by atoms with van der Waals surface area (Å²) in [5.74, 6) is 0. The lowest BCUT2D eigenvalue weighted by molar-refractivity contribution is 0.0762. The van der Waals surface area contributed by atoms with Gasteiger partial charge in [-0.2, -0.15) is 0 Å². The maximum Gasteiger partial charge on any atom is 0.410 e. The van der Waals surface area contributed by atoms with Crippen molar-refractivity contribution in [3.8, 4) is 0 Å². The molecule has 17 heavy (non-hydrogen) atoms. The van der Waals surface area contributed by atoms with Crippen LogP contribution in [0.3, 0.4) is 0 Å². The van der Waals surface area contributed by atoms with Crippen LogP contribution in [0.2, 0.25) is 0 Å². The van der Waals surface area contributed by atoms with Crippen LogP contribution >= 0.6 is 0 Å². The maximum atomic E-state index is 11.7. The number of carbonyl (C=O) groups excluding carboxylic acids is 1. The van der Waals surface area contributed by atoms with Gasteiger partial charge in [0.2, 0.25) is 0 Å². The third-order valence-electron chi connectivity index (χ3n) is 2.30. The standard InChI is InChI=1S/C13H20N2O2/c1-4-15(13(16)17-10(2)3)9-11-6-5-7-12(14)8-11/h5-8,10H,4,9,14H2,1-3H3. The molecule has 0 saturated carbocycles. The van der Waals surface area contributed by atoms with Crippen LogP contribution in [0.1, 0.15) is 26.3 Å². The zero-order valence-corrected chi connectivity index (χ0v) is 10.6. The average molecular weight is 236 g/mol. The fourth-order valence-corrected chi connectivity index (χ4v) is 1.49. The summed E-state index contributed by atoms with van der Waals surface area (Å²) in [5.41, 5.74) is 7.41. The number of rotatable bonds is 4. The molecule has 0 saturated heterocycles. The highest BCUT2D eigenvalue weighted by Crippen LogP contribution is 2.10. The summed E-state index contributed by atoms with van der Waals surface area (Å²) in [4.78, 5) is 13.4. The minimum absolute atomic E-state index is 0.0996. The van der Waals surface area contributed by atoms with E-state index >= 15 is 0 Å². The quantitative estimate of drug-likeness (QED) is 0.818. The SMILES string of the molecule is CCN(Cc1cccc(N)c1)C(=O)OC(C)C. The summed E-state index contributed by atoms with van der Waals surface area (Å²) >= 11 is 0. The summed E-state index contributed by atoms with van der Waals surface area (Å²) in [6.07, 6.45) is -0.387. The van der Waals surface area contributed by atoms with Gasteiger partial charge in [0.1, 0.15) is 0 Å². The van der Waals surface area contributed by atoms with Crippen molar-refractivity contribution < 1.29 is 9.53 Å². The van der Waals surface area contributed by atoms with Crippen LogP contribution in [-0.4, -0.2) is 23.6 Å². The Hall–Kier alpha value is -1.71. The topological polar surface area (TPSA) is 55.6 Å². The second-order valence-corrected chi connectivity index (χ2v) is 4.19. The largest absolute Gasteiger partial charge is 0.447 e. The van der Waals surface area contributed by atoms with Crippen molar-refractivity contribution in [2.24, 2.45) is 0 Å². The molecule has 0 aliphatic carbocycles. The molecule has 4 nitrogen and oxygen atoms in total. The molecular formula is C13H20N2O2. The number of ether oxygens (including phenoxy) is 1. The first kappa shape index (κ1) is 13.4.